The fourth-order valence-electron chi connectivity index (χ4n) is 1.33. The molecule has 0 aliphatic heterocycles. The van der Waals surface area contributed by atoms with E-state index in [0.29, 0.717) is 9.70 Å². The zero-order chi connectivity index (χ0) is 14.2. The van der Waals surface area contributed by atoms with E-state index in [1.165, 1.54) is 18.2 Å². The number of halogens is 4. The van der Waals surface area contributed by atoms with Crippen molar-refractivity contribution < 1.29 is 4.79 Å². The van der Waals surface area contributed by atoms with E-state index in [9.17, 15) is 9.59 Å². The molecule has 0 bridgehead atoms. The number of nitrogens with zero attached hydrogens (tertiary/aromatic N) is 2. The lowest BCUT2D eigenvalue weighted by atomic mass is 10.2. The molecule has 1 aromatic carbocycles. The Bertz CT molecular complexity index is 727. The van der Waals surface area contributed by atoms with E-state index in [-0.39, 0.29) is 20.6 Å². The molecule has 1 aromatic heterocycles. The average Bonchev–Trinajstić information content (AvgIpc) is 2.35. The molecule has 1 heterocycles. The van der Waals surface area contributed by atoms with Gasteiger partial charge in [-0.1, -0.05) is 46.4 Å². The molecule has 0 saturated heterocycles. The third-order valence-electron chi connectivity index (χ3n) is 2.23. The van der Waals surface area contributed by atoms with E-state index in [1.807, 2.05) is 0 Å². The lowest BCUT2D eigenvalue weighted by Gasteiger charge is -2.06. The number of carbonyl (C=O) groups is 1. The zero-order valence-electron chi connectivity index (χ0n) is 9.03. The summed E-state index contributed by atoms with van der Waals surface area (Å²) in [4.78, 5) is 23.9. The molecule has 0 unspecified atom stereocenters. The monoisotopic (exact) mass is 336 g/mol. The van der Waals surface area contributed by atoms with Crippen molar-refractivity contribution in [2.24, 2.45) is 0 Å². The molecule has 19 heavy (non-hydrogen) atoms. The van der Waals surface area contributed by atoms with Gasteiger partial charge < -0.3 is 0 Å². The third kappa shape index (κ3) is 2.77. The van der Waals surface area contributed by atoms with E-state index in [1.54, 1.807) is 0 Å². The number of benzene rings is 1. The maximum atomic E-state index is 12.1. The van der Waals surface area contributed by atoms with Crippen LogP contribution in [-0.2, 0) is 0 Å². The molecule has 0 spiro atoms. The lowest BCUT2D eigenvalue weighted by Crippen LogP contribution is -2.30. The van der Waals surface area contributed by atoms with Crippen LogP contribution in [0.2, 0.25) is 20.1 Å². The predicted octanol–water partition coefficient (Wildman–Crippen LogP) is 3.55. The van der Waals surface area contributed by atoms with Crippen LogP contribution in [0.1, 0.15) is 10.4 Å². The first-order chi connectivity index (χ1) is 8.91. The molecule has 2 rings (SSSR count). The number of hydrogen-bond acceptors (Lipinski definition) is 3. The second-order valence-electron chi connectivity index (χ2n) is 3.45. The van der Waals surface area contributed by atoms with Crippen molar-refractivity contribution in [2.45, 2.75) is 0 Å². The molecule has 4 nitrogen and oxygen atoms in total. The van der Waals surface area contributed by atoms with Gasteiger partial charge in [0.05, 0.1) is 21.8 Å². The zero-order valence-corrected chi connectivity index (χ0v) is 12.1. The van der Waals surface area contributed by atoms with Gasteiger partial charge in [-0.15, -0.1) is 0 Å². The van der Waals surface area contributed by atoms with Gasteiger partial charge in [-0.05, 0) is 18.2 Å². The fraction of sp³-hybridized carbons (Fsp3) is 0. The summed E-state index contributed by atoms with van der Waals surface area (Å²) < 4.78 is 0.587. The van der Waals surface area contributed by atoms with Crippen molar-refractivity contribution in [3.63, 3.8) is 0 Å². The number of rotatable bonds is 1. The van der Waals surface area contributed by atoms with Crippen molar-refractivity contribution >= 4 is 52.3 Å². The molecule has 0 atom stereocenters. The van der Waals surface area contributed by atoms with Crippen LogP contribution < -0.4 is 5.56 Å². The van der Waals surface area contributed by atoms with Crippen LogP contribution in [0, 0.1) is 0 Å². The topological polar surface area (TPSA) is 52.0 Å². The van der Waals surface area contributed by atoms with Crippen LogP contribution in [0.15, 0.2) is 29.2 Å². The van der Waals surface area contributed by atoms with Crippen LogP contribution in [-0.4, -0.2) is 15.7 Å². The van der Waals surface area contributed by atoms with Crippen LogP contribution in [0.4, 0.5) is 0 Å². The molecule has 2 aromatic rings. The Kier molecular flexibility index (Phi) is 4.16. The van der Waals surface area contributed by atoms with Crippen molar-refractivity contribution in [1.29, 1.82) is 0 Å². The summed E-state index contributed by atoms with van der Waals surface area (Å²) in [5.74, 6) is -0.717. The van der Waals surface area contributed by atoms with Gasteiger partial charge in [0.2, 0.25) is 0 Å². The van der Waals surface area contributed by atoms with Crippen LogP contribution in [0.5, 0.6) is 0 Å². The van der Waals surface area contributed by atoms with E-state index in [4.69, 9.17) is 46.4 Å². The highest BCUT2D eigenvalue weighted by Crippen LogP contribution is 2.22. The smallest absolute Gasteiger partial charge is 0.267 e. The summed E-state index contributed by atoms with van der Waals surface area (Å²) in [7, 11) is 0. The summed E-state index contributed by atoms with van der Waals surface area (Å²) in [5, 5.41) is 3.79. The molecule has 98 valence electrons. The minimum atomic E-state index is -0.815. The summed E-state index contributed by atoms with van der Waals surface area (Å²) in [6.07, 6.45) is 1.10. The summed E-state index contributed by atoms with van der Waals surface area (Å²) >= 11 is 22.9. The fourth-order valence-corrected chi connectivity index (χ4v) is 2.08. The minimum Gasteiger partial charge on any atom is -0.267 e. The Balaban J connectivity index is 2.57. The maximum Gasteiger partial charge on any atom is 0.294 e. The summed E-state index contributed by atoms with van der Waals surface area (Å²) in [6, 6.07) is 4.26. The number of hydrogen-bond donors (Lipinski definition) is 0. The van der Waals surface area contributed by atoms with Gasteiger partial charge in [0.1, 0.15) is 5.02 Å². The lowest BCUT2D eigenvalue weighted by molar-refractivity contribution is 0.0939. The molecular weight excluding hydrogens is 334 g/mol. The van der Waals surface area contributed by atoms with E-state index in [0.717, 1.165) is 6.20 Å². The molecule has 0 saturated carbocycles. The number of carbonyl (C=O) groups excluding carboxylic acids is 1. The van der Waals surface area contributed by atoms with E-state index >= 15 is 0 Å². The van der Waals surface area contributed by atoms with E-state index in [2.05, 4.69) is 5.10 Å². The Hall–Kier alpha value is -1.07. The average molecular weight is 338 g/mol. The Morgan fingerprint density at radius 3 is 2.42 bits per heavy atom. The van der Waals surface area contributed by atoms with Gasteiger partial charge in [0.15, 0.2) is 0 Å². The molecular formula is C11H4Cl4N2O2. The Morgan fingerprint density at radius 1 is 1.11 bits per heavy atom. The normalized spacial score (nSPS) is 10.5. The summed E-state index contributed by atoms with van der Waals surface area (Å²) in [6.45, 7) is 0. The first-order valence-corrected chi connectivity index (χ1v) is 6.36. The first-order valence-electron chi connectivity index (χ1n) is 4.85. The van der Waals surface area contributed by atoms with Crippen molar-refractivity contribution in [3.8, 4) is 0 Å². The van der Waals surface area contributed by atoms with Gasteiger partial charge in [-0.3, -0.25) is 9.59 Å². The van der Waals surface area contributed by atoms with Crippen molar-refractivity contribution in [3.05, 3.63) is 60.4 Å². The minimum absolute atomic E-state index is 0.0297. The van der Waals surface area contributed by atoms with Crippen LogP contribution in [0.3, 0.4) is 0 Å². The molecule has 8 heteroatoms. The first kappa shape index (κ1) is 14.3. The second kappa shape index (κ2) is 5.51. The van der Waals surface area contributed by atoms with Crippen molar-refractivity contribution in [2.75, 3.05) is 0 Å². The molecule has 0 amide bonds. The molecule has 0 aliphatic carbocycles. The van der Waals surface area contributed by atoms with Gasteiger partial charge in [0.25, 0.3) is 11.5 Å². The van der Waals surface area contributed by atoms with Crippen LogP contribution >= 0.6 is 46.4 Å². The van der Waals surface area contributed by atoms with Gasteiger partial charge in [-0.2, -0.15) is 9.78 Å². The molecule has 0 aliphatic rings. The third-order valence-corrected chi connectivity index (χ3v) is 3.53. The van der Waals surface area contributed by atoms with Crippen molar-refractivity contribution in [1.82, 2.24) is 9.78 Å². The SMILES string of the molecule is O=C(c1ccc(Cl)cc1Cl)n1ncc(Cl)c(Cl)c1=O. The van der Waals surface area contributed by atoms with E-state index < -0.39 is 11.5 Å². The quantitative estimate of drug-likeness (QED) is 0.799. The van der Waals surface area contributed by atoms with Gasteiger partial charge >= 0.3 is 0 Å². The summed E-state index contributed by atoms with van der Waals surface area (Å²) in [5.41, 5.74) is -0.732. The Labute approximate surface area is 127 Å². The Morgan fingerprint density at radius 2 is 1.79 bits per heavy atom. The highest BCUT2D eigenvalue weighted by molar-refractivity contribution is 6.41. The standard InChI is InChI=1S/C11H4Cl4N2O2/c12-5-1-2-6(7(13)3-5)10(18)17-11(19)9(15)8(14)4-16-17/h1-4H. The van der Waals surface area contributed by atoms with Crippen LogP contribution in [0.25, 0.3) is 0 Å². The molecule has 0 N–H and O–H groups in total. The maximum absolute atomic E-state index is 12.1. The van der Waals surface area contributed by atoms with Gasteiger partial charge in [-0.25, -0.2) is 0 Å². The highest BCUT2D eigenvalue weighted by Gasteiger charge is 2.18. The van der Waals surface area contributed by atoms with Gasteiger partial charge in [0, 0.05) is 5.02 Å². The molecule has 0 fully saturated rings. The second-order valence-corrected chi connectivity index (χ2v) is 5.08. The predicted molar refractivity (Wildman–Crippen MR) is 74.7 cm³/mol. The number of aromatic nitrogens is 2. The highest BCUT2D eigenvalue weighted by atomic mass is 35.5. The molecule has 0 radical (unpaired) electrons. The largest absolute Gasteiger partial charge is 0.294 e.